The first-order valence-corrected chi connectivity index (χ1v) is 6.55. The molecule has 0 saturated carbocycles. The number of H-pyrrole nitrogens is 1. The normalized spacial score (nSPS) is 11.2. The summed E-state index contributed by atoms with van der Waals surface area (Å²) in [5, 5.41) is 4.39. The van der Waals surface area contributed by atoms with Gasteiger partial charge in [-0.05, 0) is 6.07 Å². The number of rotatable bonds is 4. The Labute approximate surface area is 117 Å². The number of nitrogens with one attached hydrogen (secondary N) is 2. The highest BCUT2D eigenvalue weighted by molar-refractivity contribution is 6.43. The summed E-state index contributed by atoms with van der Waals surface area (Å²) in [4.78, 5) is 7.55. The quantitative estimate of drug-likeness (QED) is 0.894. The maximum Gasteiger partial charge on any atom is 0.120 e. The van der Waals surface area contributed by atoms with Gasteiger partial charge in [-0.25, -0.2) is 4.98 Å². The lowest BCUT2D eigenvalue weighted by atomic mass is 10.2. The van der Waals surface area contributed by atoms with Crippen LogP contribution in [0.5, 0.6) is 0 Å². The molecule has 2 rings (SSSR count). The van der Waals surface area contributed by atoms with E-state index in [4.69, 9.17) is 23.2 Å². The number of imidazole rings is 1. The first-order valence-electron chi connectivity index (χ1n) is 5.79. The minimum Gasteiger partial charge on any atom is -0.341 e. The summed E-state index contributed by atoms with van der Waals surface area (Å²) in [6.07, 6.45) is 1.77. The largest absolute Gasteiger partial charge is 0.341 e. The van der Waals surface area contributed by atoms with Gasteiger partial charge in [-0.1, -0.05) is 49.2 Å². The molecule has 0 fully saturated rings. The molecule has 0 bridgehead atoms. The second-order valence-corrected chi connectivity index (χ2v) is 5.17. The lowest BCUT2D eigenvalue weighted by Crippen LogP contribution is -2.22. The summed E-state index contributed by atoms with van der Waals surface area (Å²) in [7, 11) is 0. The fourth-order valence-corrected chi connectivity index (χ4v) is 2.00. The molecule has 0 amide bonds. The predicted molar refractivity (Wildman–Crippen MR) is 76.0 cm³/mol. The third-order valence-corrected chi connectivity index (χ3v) is 3.37. The third kappa shape index (κ3) is 3.05. The Bertz CT molecular complexity index is 535. The van der Waals surface area contributed by atoms with Gasteiger partial charge in [0.05, 0.1) is 28.5 Å². The Balaban J connectivity index is 2.21. The van der Waals surface area contributed by atoms with Gasteiger partial charge in [0.1, 0.15) is 5.82 Å². The SMILES string of the molecule is CC(C)NCc1ncc(-c2cccc(Cl)c2Cl)[nH]1. The van der Waals surface area contributed by atoms with E-state index in [9.17, 15) is 0 Å². The van der Waals surface area contributed by atoms with E-state index in [1.165, 1.54) is 0 Å². The number of aromatic nitrogens is 2. The van der Waals surface area contributed by atoms with Crippen LogP contribution in [-0.4, -0.2) is 16.0 Å². The van der Waals surface area contributed by atoms with Crippen molar-refractivity contribution >= 4 is 23.2 Å². The molecule has 0 spiro atoms. The Morgan fingerprint density at radius 1 is 1.33 bits per heavy atom. The molecule has 1 aromatic carbocycles. The molecule has 0 saturated heterocycles. The molecule has 2 N–H and O–H groups in total. The monoisotopic (exact) mass is 283 g/mol. The Morgan fingerprint density at radius 2 is 2.11 bits per heavy atom. The van der Waals surface area contributed by atoms with E-state index in [1.807, 2.05) is 12.1 Å². The van der Waals surface area contributed by atoms with Crippen molar-refractivity contribution in [1.82, 2.24) is 15.3 Å². The van der Waals surface area contributed by atoms with Crippen molar-refractivity contribution in [3.05, 3.63) is 40.3 Å². The fourth-order valence-electron chi connectivity index (χ4n) is 1.60. The number of halogens is 2. The van der Waals surface area contributed by atoms with E-state index in [0.29, 0.717) is 22.6 Å². The number of hydrogen-bond donors (Lipinski definition) is 2. The number of nitrogens with zero attached hydrogens (tertiary/aromatic N) is 1. The molecule has 0 unspecified atom stereocenters. The molecule has 1 aromatic heterocycles. The highest BCUT2D eigenvalue weighted by atomic mass is 35.5. The van der Waals surface area contributed by atoms with E-state index < -0.39 is 0 Å². The smallest absolute Gasteiger partial charge is 0.120 e. The molecule has 96 valence electrons. The zero-order valence-corrected chi connectivity index (χ0v) is 11.8. The summed E-state index contributed by atoms with van der Waals surface area (Å²) in [6, 6.07) is 5.98. The molecule has 2 aromatic rings. The molecule has 0 atom stereocenters. The maximum absolute atomic E-state index is 6.17. The zero-order chi connectivity index (χ0) is 13.1. The molecule has 1 heterocycles. The fraction of sp³-hybridized carbons (Fsp3) is 0.308. The van der Waals surface area contributed by atoms with Crippen molar-refractivity contribution in [2.75, 3.05) is 0 Å². The van der Waals surface area contributed by atoms with Gasteiger partial charge in [0.25, 0.3) is 0 Å². The van der Waals surface area contributed by atoms with Gasteiger partial charge < -0.3 is 10.3 Å². The van der Waals surface area contributed by atoms with Gasteiger partial charge in [-0.15, -0.1) is 0 Å². The Kier molecular flexibility index (Phi) is 4.27. The summed E-state index contributed by atoms with van der Waals surface area (Å²) >= 11 is 12.2. The lowest BCUT2D eigenvalue weighted by Gasteiger charge is -2.05. The van der Waals surface area contributed by atoms with Crippen molar-refractivity contribution in [3.8, 4) is 11.3 Å². The van der Waals surface area contributed by atoms with Crippen LogP contribution in [0, 0.1) is 0 Å². The predicted octanol–water partition coefficient (Wildman–Crippen LogP) is 3.88. The van der Waals surface area contributed by atoms with Crippen LogP contribution in [0.4, 0.5) is 0 Å². The molecule has 0 aliphatic carbocycles. The Morgan fingerprint density at radius 3 is 2.83 bits per heavy atom. The van der Waals surface area contributed by atoms with Crippen LogP contribution < -0.4 is 5.32 Å². The molecule has 0 aliphatic rings. The first kappa shape index (κ1) is 13.4. The van der Waals surface area contributed by atoms with Crippen LogP contribution in [0.3, 0.4) is 0 Å². The average molecular weight is 284 g/mol. The standard InChI is InChI=1S/C13H15Cl2N3/c1-8(2)16-7-12-17-6-11(18-12)9-4-3-5-10(14)13(9)15/h3-6,8,16H,7H2,1-2H3,(H,17,18). The molecular weight excluding hydrogens is 269 g/mol. The molecule has 5 heteroatoms. The van der Waals surface area contributed by atoms with Crippen molar-refractivity contribution < 1.29 is 0 Å². The van der Waals surface area contributed by atoms with Crippen LogP contribution in [0.15, 0.2) is 24.4 Å². The Hall–Kier alpha value is -1.03. The molecule has 18 heavy (non-hydrogen) atoms. The number of hydrogen-bond acceptors (Lipinski definition) is 2. The first-order chi connectivity index (χ1) is 8.58. The van der Waals surface area contributed by atoms with E-state index in [0.717, 1.165) is 17.1 Å². The zero-order valence-electron chi connectivity index (χ0n) is 10.3. The summed E-state index contributed by atoms with van der Waals surface area (Å²) < 4.78 is 0. The third-order valence-electron chi connectivity index (χ3n) is 2.55. The molecular formula is C13H15Cl2N3. The molecule has 0 aliphatic heterocycles. The van der Waals surface area contributed by atoms with E-state index in [-0.39, 0.29) is 0 Å². The summed E-state index contributed by atoms with van der Waals surface area (Å²) in [6.45, 7) is 4.89. The molecule has 0 radical (unpaired) electrons. The van der Waals surface area contributed by atoms with Crippen LogP contribution in [0.25, 0.3) is 11.3 Å². The summed E-state index contributed by atoms with van der Waals surface area (Å²) in [5.74, 6) is 0.884. The van der Waals surface area contributed by atoms with E-state index in [2.05, 4.69) is 29.1 Å². The van der Waals surface area contributed by atoms with Gasteiger partial charge in [-0.2, -0.15) is 0 Å². The van der Waals surface area contributed by atoms with Crippen LogP contribution >= 0.6 is 23.2 Å². The van der Waals surface area contributed by atoms with Crippen molar-refractivity contribution in [3.63, 3.8) is 0 Å². The van der Waals surface area contributed by atoms with Gasteiger partial charge in [0.15, 0.2) is 0 Å². The minimum atomic E-state index is 0.424. The van der Waals surface area contributed by atoms with Crippen LogP contribution in [-0.2, 0) is 6.54 Å². The lowest BCUT2D eigenvalue weighted by molar-refractivity contribution is 0.575. The van der Waals surface area contributed by atoms with E-state index in [1.54, 1.807) is 12.3 Å². The van der Waals surface area contributed by atoms with Gasteiger partial charge in [0.2, 0.25) is 0 Å². The number of aromatic amines is 1. The van der Waals surface area contributed by atoms with Crippen molar-refractivity contribution in [1.29, 1.82) is 0 Å². The minimum absolute atomic E-state index is 0.424. The van der Waals surface area contributed by atoms with Crippen LogP contribution in [0.2, 0.25) is 10.0 Å². The average Bonchev–Trinajstić information content (AvgIpc) is 2.78. The van der Waals surface area contributed by atoms with Gasteiger partial charge in [-0.3, -0.25) is 0 Å². The number of benzene rings is 1. The second-order valence-electron chi connectivity index (χ2n) is 4.38. The van der Waals surface area contributed by atoms with Crippen LogP contribution in [0.1, 0.15) is 19.7 Å². The topological polar surface area (TPSA) is 40.7 Å². The highest BCUT2D eigenvalue weighted by Gasteiger charge is 2.09. The summed E-state index contributed by atoms with van der Waals surface area (Å²) in [5.41, 5.74) is 1.75. The van der Waals surface area contributed by atoms with Gasteiger partial charge >= 0.3 is 0 Å². The van der Waals surface area contributed by atoms with Crippen molar-refractivity contribution in [2.24, 2.45) is 0 Å². The van der Waals surface area contributed by atoms with Crippen molar-refractivity contribution in [2.45, 2.75) is 26.4 Å². The highest BCUT2D eigenvalue weighted by Crippen LogP contribution is 2.32. The maximum atomic E-state index is 6.17. The molecule has 3 nitrogen and oxygen atoms in total. The van der Waals surface area contributed by atoms with Gasteiger partial charge in [0, 0.05) is 11.6 Å². The second kappa shape index (κ2) is 5.74. The van der Waals surface area contributed by atoms with E-state index >= 15 is 0 Å².